The summed E-state index contributed by atoms with van der Waals surface area (Å²) in [5, 5.41) is 0. The lowest BCUT2D eigenvalue weighted by molar-refractivity contribution is 0.0539. The summed E-state index contributed by atoms with van der Waals surface area (Å²) in [6.07, 6.45) is 5.29. The van der Waals surface area contributed by atoms with Crippen molar-refractivity contribution in [2.75, 3.05) is 6.61 Å². The number of esters is 1. The van der Waals surface area contributed by atoms with Crippen LogP contribution in [0.25, 0.3) is 6.08 Å². The lowest BCUT2D eigenvalue weighted by atomic mass is 10.2. The molecule has 0 bridgehead atoms. The second-order valence-corrected chi connectivity index (χ2v) is 4.69. The van der Waals surface area contributed by atoms with E-state index in [0.717, 1.165) is 5.56 Å². The lowest BCUT2D eigenvalue weighted by Crippen LogP contribution is -2.09. The summed E-state index contributed by atoms with van der Waals surface area (Å²) in [6.45, 7) is 1.65. The molecule has 1 aromatic carbocycles. The van der Waals surface area contributed by atoms with E-state index in [9.17, 15) is 9.59 Å². The number of ketones is 1. The van der Waals surface area contributed by atoms with Crippen LogP contribution in [0.4, 0.5) is 0 Å². The molecule has 0 unspecified atom stereocenters. The molecule has 2 aromatic rings. The molecule has 0 fully saturated rings. The fourth-order valence-corrected chi connectivity index (χ4v) is 1.91. The predicted molar refractivity (Wildman–Crippen MR) is 81.2 cm³/mol. The lowest BCUT2D eigenvalue weighted by Gasteiger charge is -2.02. The second kappa shape index (κ2) is 6.70. The third-order valence-corrected chi connectivity index (χ3v) is 3.04. The van der Waals surface area contributed by atoms with Crippen molar-refractivity contribution in [3.63, 3.8) is 0 Å². The van der Waals surface area contributed by atoms with Crippen LogP contribution in [0.1, 0.15) is 33.3 Å². The van der Waals surface area contributed by atoms with E-state index in [1.54, 1.807) is 30.0 Å². The van der Waals surface area contributed by atoms with Crippen molar-refractivity contribution in [2.24, 2.45) is 7.05 Å². The fourth-order valence-electron chi connectivity index (χ4n) is 1.91. The third kappa shape index (κ3) is 3.92. The van der Waals surface area contributed by atoms with Gasteiger partial charge in [0.1, 0.15) is 12.3 Å². The number of Topliss-reactive ketones (excluding diaryl/α,β-unsaturated/α-hetero) is 1. The van der Waals surface area contributed by atoms with Crippen LogP contribution in [0, 0.1) is 0 Å². The van der Waals surface area contributed by atoms with Crippen LogP contribution >= 0.6 is 0 Å². The Bertz CT molecular complexity index is 669. The summed E-state index contributed by atoms with van der Waals surface area (Å²) >= 11 is 0. The molecule has 4 heteroatoms. The minimum absolute atomic E-state index is 0.0753. The number of ether oxygens (including phenoxy) is 1. The Hall–Kier alpha value is -2.62. The standard InChI is InChI=1S/C17H17NO3/c1-13(19)15-11-16(18(2)12-15)17(20)21-10-6-9-14-7-4-3-5-8-14/h3-9,11-12H,10H2,1-2H3/b9-6+. The summed E-state index contributed by atoms with van der Waals surface area (Å²) in [5.41, 5.74) is 1.92. The second-order valence-electron chi connectivity index (χ2n) is 4.69. The average Bonchev–Trinajstić information content (AvgIpc) is 2.87. The van der Waals surface area contributed by atoms with E-state index in [4.69, 9.17) is 4.74 Å². The van der Waals surface area contributed by atoms with Crippen molar-refractivity contribution in [1.82, 2.24) is 4.57 Å². The first kappa shape index (κ1) is 14.8. The molecule has 2 rings (SSSR count). The summed E-state index contributed by atoms with van der Waals surface area (Å²) in [4.78, 5) is 23.2. The number of aromatic nitrogens is 1. The summed E-state index contributed by atoms with van der Waals surface area (Å²) < 4.78 is 6.76. The van der Waals surface area contributed by atoms with Crippen molar-refractivity contribution < 1.29 is 14.3 Å². The van der Waals surface area contributed by atoms with E-state index < -0.39 is 5.97 Å². The van der Waals surface area contributed by atoms with E-state index in [1.807, 2.05) is 36.4 Å². The van der Waals surface area contributed by atoms with Gasteiger partial charge in [0.15, 0.2) is 5.78 Å². The molecule has 0 spiro atoms. The molecule has 0 aliphatic rings. The quantitative estimate of drug-likeness (QED) is 0.626. The third-order valence-electron chi connectivity index (χ3n) is 3.04. The zero-order valence-electron chi connectivity index (χ0n) is 12.1. The van der Waals surface area contributed by atoms with Gasteiger partial charge in [-0.25, -0.2) is 4.79 Å². The molecular weight excluding hydrogens is 266 g/mol. The molecule has 21 heavy (non-hydrogen) atoms. The number of hydrogen-bond acceptors (Lipinski definition) is 3. The van der Waals surface area contributed by atoms with Gasteiger partial charge < -0.3 is 9.30 Å². The molecule has 0 aliphatic heterocycles. The molecule has 1 heterocycles. The number of aryl methyl sites for hydroxylation is 1. The van der Waals surface area contributed by atoms with Crippen molar-refractivity contribution in [2.45, 2.75) is 6.92 Å². The van der Waals surface area contributed by atoms with Gasteiger partial charge in [0.05, 0.1) is 0 Å². The van der Waals surface area contributed by atoms with Gasteiger partial charge >= 0.3 is 5.97 Å². The molecule has 1 aromatic heterocycles. The van der Waals surface area contributed by atoms with Gasteiger partial charge in [-0.2, -0.15) is 0 Å². The zero-order chi connectivity index (χ0) is 15.2. The number of benzene rings is 1. The highest BCUT2D eigenvalue weighted by Crippen LogP contribution is 2.09. The van der Waals surface area contributed by atoms with E-state index in [0.29, 0.717) is 11.3 Å². The van der Waals surface area contributed by atoms with Crippen LogP contribution in [0.2, 0.25) is 0 Å². The van der Waals surface area contributed by atoms with E-state index in [-0.39, 0.29) is 12.4 Å². The minimum Gasteiger partial charge on any atom is -0.457 e. The van der Waals surface area contributed by atoms with Gasteiger partial charge in [-0.1, -0.05) is 36.4 Å². The smallest absolute Gasteiger partial charge is 0.355 e. The first-order chi connectivity index (χ1) is 10.1. The van der Waals surface area contributed by atoms with Crippen molar-refractivity contribution in [3.05, 3.63) is 65.5 Å². The Morgan fingerprint density at radius 1 is 1.24 bits per heavy atom. The van der Waals surface area contributed by atoms with Crippen LogP contribution in [0.15, 0.2) is 48.7 Å². The summed E-state index contributed by atoms with van der Waals surface area (Å²) in [5.74, 6) is -0.517. The molecular formula is C17H17NO3. The number of nitrogens with zero attached hydrogens (tertiary/aromatic N) is 1. The fraction of sp³-hybridized carbons (Fsp3) is 0.176. The van der Waals surface area contributed by atoms with Gasteiger partial charge in [-0.05, 0) is 24.6 Å². The Morgan fingerprint density at radius 3 is 2.57 bits per heavy atom. The Kier molecular flexibility index (Phi) is 4.72. The highest BCUT2D eigenvalue weighted by molar-refractivity contribution is 5.97. The van der Waals surface area contributed by atoms with Crippen molar-refractivity contribution in [3.8, 4) is 0 Å². The highest BCUT2D eigenvalue weighted by atomic mass is 16.5. The summed E-state index contributed by atoms with van der Waals surface area (Å²) in [6, 6.07) is 11.3. The van der Waals surface area contributed by atoms with Gasteiger partial charge in [0.25, 0.3) is 0 Å². The van der Waals surface area contributed by atoms with Crippen molar-refractivity contribution >= 4 is 17.8 Å². The number of carbonyl (C=O) groups is 2. The average molecular weight is 283 g/mol. The Balaban J connectivity index is 1.93. The first-order valence-electron chi connectivity index (χ1n) is 6.64. The topological polar surface area (TPSA) is 48.3 Å². The van der Waals surface area contributed by atoms with E-state index >= 15 is 0 Å². The van der Waals surface area contributed by atoms with E-state index in [1.165, 1.54) is 6.92 Å². The van der Waals surface area contributed by atoms with Gasteiger partial charge in [0.2, 0.25) is 0 Å². The maximum absolute atomic E-state index is 11.9. The van der Waals surface area contributed by atoms with Gasteiger partial charge in [-0.15, -0.1) is 0 Å². The molecule has 0 saturated heterocycles. The molecule has 108 valence electrons. The molecule has 4 nitrogen and oxygen atoms in total. The maximum Gasteiger partial charge on any atom is 0.355 e. The maximum atomic E-state index is 11.9. The van der Waals surface area contributed by atoms with Crippen LogP contribution in [-0.4, -0.2) is 22.9 Å². The SMILES string of the molecule is CC(=O)c1cc(C(=O)OC/C=C/c2ccccc2)n(C)c1. The number of rotatable bonds is 5. The number of hydrogen-bond donors (Lipinski definition) is 0. The monoisotopic (exact) mass is 283 g/mol. The molecule has 0 atom stereocenters. The van der Waals surface area contributed by atoms with Crippen LogP contribution in [-0.2, 0) is 11.8 Å². The zero-order valence-corrected chi connectivity index (χ0v) is 12.1. The van der Waals surface area contributed by atoms with Gasteiger partial charge in [0, 0.05) is 18.8 Å². The predicted octanol–water partition coefficient (Wildman–Crippen LogP) is 3.10. The molecule has 0 radical (unpaired) electrons. The molecule has 0 saturated carbocycles. The Morgan fingerprint density at radius 2 is 1.95 bits per heavy atom. The highest BCUT2D eigenvalue weighted by Gasteiger charge is 2.14. The largest absolute Gasteiger partial charge is 0.457 e. The van der Waals surface area contributed by atoms with Gasteiger partial charge in [-0.3, -0.25) is 4.79 Å². The molecule has 0 amide bonds. The first-order valence-corrected chi connectivity index (χ1v) is 6.64. The van der Waals surface area contributed by atoms with Crippen LogP contribution in [0.3, 0.4) is 0 Å². The summed E-state index contributed by atoms with van der Waals surface area (Å²) in [7, 11) is 1.71. The van der Waals surface area contributed by atoms with Crippen LogP contribution in [0.5, 0.6) is 0 Å². The minimum atomic E-state index is -0.442. The van der Waals surface area contributed by atoms with E-state index in [2.05, 4.69) is 0 Å². The normalized spacial score (nSPS) is 10.8. The van der Waals surface area contributed by atoms with Crippen LogP contribution < -0.4 is 0 Å². The molecule has 0 aliphatic carbocycles. The van der Waals surface area contributed by atoms with Crippen molar-refractivity contribution in [1.29, 1.82) is 0 Å². The Labute approximate surface area is 123 Å². The molecule has 0 N–H and O–H groups in total. The number of carbonyl (C=O) groups excluding carboxylic acids is 2.